The molecule has 1 aliphatic heterocycles. The number of aromatic nitrogens is 2. The minimum atomic E-state index is 0.624. The SMILES string of the molecule is CCn1cncc1CN1CCNC[C@@H]1C. The topological polar surface area (TPSA) is 33.1 Å². The Kier molecular flexibility index (Phi) is 3.38. The smallest absolute Gasteiger partial charge is 0.0948 e. The van der Waals surface area contributed by atoms with Gasteiger partial charge in [0.25, 0.3) is 0 Å². The molecule has 0 radical (unpaired) electrons. The van der Waals surface area contributed by atoms with E-state index in [4.69, 9.17) is 0 Å². The summed E-state index contributed by atoms with van der Waals surface area (Å²) in [5, 5.41) is 3.41. The maximum absolute atomic E-state index is 4.20. The van der Waals surface area contributed by atoms with E-state index < -0.39 is 0 Å². The Morgan fingerprint density at radius 3 is 3.20 bits per heavy atom. The molecule has 1 aliphatic rings. The summed E-state index contributed by atoms with van der Waals surface area (Å²) in [5.41, 5.74) is 1.33. The molecule has 1 fully saturated rings. The van der Waals surface area contributed by atoms with Gasteiger partial charge in [-0.15, -0.1) is 0 Å². The Hall–Kier alpha value is -0.870. The van der Waals surface area contributed by atoms with E-state index in [1.54, 1.807) is 0 Å². The van der Waals surface area contributed by atoms with Crippen LogP contribution in [0.5, 0.6) is 0 Å². The molecule has 0 saturated carbocycles. The maximum Gasteiger partial charge on any atom is 0.0948 e. The zero-order valence-electron chi connectivity index (χ0n) is 9.61. The highest BCUT2D eigenvalue weighted by Crippen LogP contribution is 2.09. The van der Waals surface area contributed by atoms with E-state index in [1.807, 2.05) is 12.5 Å². The van der Waals surface area contributed by atoms with Crippen LogP contribution in [0, 0.1) is 0 Å². The van der Waals surface area contributed by atoms with E-state index >= 15 is 0 Å². The Morgan fingerprint density at radius 1 is 1.60 bits per heavy atom. The van der Waals surface area contributed by atoms with Crippen molar-refractivity contribution >= 4 is 0 Å². The molecule has 0 unspecified atom stereocenters. The van der Waals surface area contributed by atoms with Gasteiger partial charge < -0.3 is 9.88 Å². The van der Waals surface area contributed by atoms with Crippen LogP contribution in [0.4, 0.5) is 0 Å². The Labute approximate surface area is 91.3 Å². The molecule has 0 aromatic carbocycles. The van der Waals surface area contributed by atoms with E-state index in [9.17, 15) is 0 Å². The quantitative estimate of drug-likeness (QED) is 0.793. The molecule has 1 aromatic rings. The van der Waals surface area contributed by atoms with Crippen molar-refractivity contribution in [2.75, 3.05) is 19.6 Å². The molecule has 1 N–H and O–H groups in total. The normalized spacial score (nSPS) is 23.2. The first-order chi connectivity index (χ1) is 7.31. The Bertz CT molecular complexity index is 307. The van der Waals surface area contributed by atoms with Crippen molar-refractivity contribution in [2.45, 2.75) is 33.0 Å². The van der Waals surface area contributed by atoms with E-state index in [2.05, 4.69) is 33.6 Å². The van der Waals surface area contributed by atoms with Crippen LogP contribution in [0.1, 0.15) is 19.5 Å². The third-order valence-electron chi connectivity index (χ3n) is 3.14. The lowest BCUT2D eigenvalue weighted by molar-refractivity contribution is 0.162. The maximum atomic E-state index is 4.20. The van der Waals surface area contributed by atoms with E-state index in [0.717, 1.165) is 32.7 Å². The molecular weight excluding hydrogens is 188 g/mol. The molecule has 4 nitrogen and oxygen atoms in total. The summed E-state index contributed by atoms with van der Waals surface area (Å²) in [5.74, 6) is 0. The molecule has 0 bridgehead atoms. The molecule has 0 aliphatic carbocycles. The van der Waals surface area contributed by atoms with E-state index in [1.165, 1.54) is 5.69 Å². The molecular formula is C11H20N4. The van der Waals surface area contributed by atoms with Gasteiger partial charge in [0.05, 0.1) is 12.0 Å². The molecule has 15 heavy (non-hydrogen) atoms. The summed E-state index contributed by atoms with van der Waals surface area (Å²) in [4.78, 5) is 6.72. The van der Waals surface area contributed by atoms with Crippen molar-refractivity contribution in [2.24, 2.45) is 0 Å². The molecule has 0 spiro atoms. The van der Waals surface area contributed by atoms with E-state index in [0.29, 0.717) is 6.04 Å². The van der Waals surface area contributed by atoms with Gasteiger partial charge in [-0.3, -0.25) is 4.90 Å². The van der Waals surface area contributed by atoms with Crippen molar-refractivity contribution in [1.82, 2.24) is 19.8 Å². The first kappa shape index (κ1) is 10.6. The second-order valence-corrected chi connectivity index (χ2v) is 4.19. The van der Waals surface area contributed by atoms with Gasteiger partial charge in [-0.2, -0.15) is 0 Å². The predicted octanol–water partition coefficient (Wildman–Crippen LogP) is 0.697. The summed E-state index contributed by atoms with van der Waals surface area (Å²) in [6, 6.07) is 0.624. The fraction of sp³-hybridized carbons (Fsp3) is 0.727. The molecule has 84 valence electrons. The number of rotatable bonds is 3. The number of imidazole rings is 1. The van der Waals surface area contributed by atoms with Crippen LogP contribution in [0.25, 0.3) is 0 Å². The minimum Gasteiger partial charge on any atom is -0.334 e. The molecule has 0 amide bonds. The summed E-state index contributed by atoms with van der Waals surface area (Å²) in [7, 11) is 0. The van der Waals surface area contributed by atoms with Gasteiger partial charge in [-0.1, -0.05) is 0 Å². The van der Waals surface area contributed by atoms with Gasteiger partial charge in [0.2, 0.25) is 0 Å². The average Bonchev–Trinajstić information content (AvgIpc) is 2.69. The van der Waals surface area contributed by atoms with Crippen molar-refractivity contribution in [3.8, 4) is 0 Å². The van der Waals surface area contributed by atoms with Crippen molar-refractivity contribution in [3.05, 3.63) is 18.2 Å². The van der Waals surface area contributed by atoms with Crippen molar-refractivity contribution in [1.29, 1.82) is 0 Å². The predicted molar refractivity (Wildman–Crippen MR) is 60.6 cm³/mol. The van der Waals surface area contributed by atoms with Crippen LogP contribution in [-0.2, 0) is 13.1 Å². The largest absolute Gasteiger partial charge is 0.334 e. The van der Waals surface area contributed by atoms with Crippen LogP contribution in [0.2, 0.25) is 0 Å². The summed E-state index contributed by atoms with van der Waals surface area (Å²) in [6.45, 7) is 9.80. The second kappa shape index (κ2) is 4.77. The monoisotopic (exact) mass is 208 g/mol. The number of hydrogen-bond acceptors (Lipinski definition) is 3. The number of aryl methyl sites for hydroxylation is 1. The standard InChI is InChI=1S/C11H20N4/c1-3-14-9-13-7-11(14)8-15-5-4-12-6-10(15)2/h7,9-10,12H,3-6,8H2,1-2H3/t10-/m0/s1. The lowest BCUT2D eigenvalue weighted by Crippen LogP contribution is -2.49. The summed E-state index contributed by atoms with van der Waals surface area (Å²) in [6.07, 6.45) is 3.90. The number of nitrogens with one attached hydrogen (secondary N) is 1. The van der Waals surface area contributed by atoms with Crippen LogP contribution in [-0.4, -0.2) is 40.1 Å². The molecule has 1 saturated heterocycles. The summed E-state index contributed by atoms with van der Waals surface area (Å²) < 4.78 is 2.22. The van der Waals surface area contributed by atoms with Gasteiger partial charge >= 0.3 is 0 Å². The zero-order valence-corrected chi connectivity index (χ0v) is 9.61. The van der Waals surface area contributed by atoms with Gasteiger partial charge in [0.1, 0.15) is 0 Å². The Morgan fingerprint density at radius 2 is 2.47 bits per heavy atom. The number of piperazine rings is 1. The van der Waals surface area contributed by atoms with Gasteiger partial charge in [0, 0.05) is 45.0 Å². The van der Waals surface area contributed by atoms with Gasteiger partial charge in [-0.05, 0) is 13.8 Å². The molecule has 1 atom stereocenters. The average molecular weight is 208 g/mol. The third kappa shape index (κ3) is 2.38. The second-order valence-electron chi connectivity index (χ2n) is 4.19. The van der Waals surface area contributed by atoms with Crippen LogP contribution in [0.15, 0.2) is 12.5 Å². The van der Waals surface area contributed by atoms with Gasteiger partial charge in [0.15, 0.2) is 0 Å². The van der Waals surface area contributed by atoms with Crippen molar-refractivity contribution in [3.63, 3.8) is 0 Å². The molecule has 4 heteroatoms. The summed E-state index contributed by atoms with van der Waals surface area (Å²) >= 11 is 0. The van der Waals surface area contributed by atoms with E-state index in [-0.39, 0.29) is 0 Å². The first-order valence-corrected chi connectivity index (χ1v) is 5.75. The third-order valence-corrected chi connectivity index (χ3v) is 3.14. The van der Waals surface area contributed by atoms with Crippen LogP contribution >= 0.6 is 0 Å². The lowest BCUT2D eigenvalue weighted by Gasteiger charge is -2.33. The van der Waals surface area contributed by atoms with Crippen LogP contribution in [0.3, 0.4) is 0 Å². The first-order valence-electron chi connectivity index (χ1n) is 5.75. The highest BCUT2D eigenvalue weighted by Gasteiger charge is 2.18. The van der Waals surface area contributed by atoms with Crippen molar-refractivity contribution < 1.29 is 0 Å². The zero-order chi connectivity index (χ0) is 10.7. The number of hydrogen-bond donors (Lipinski definition) is 1. The fourth-order valence-electron chi connectivity index (χ4n) is 2.09. The highest BCUT2D eigenvalue weighted by atomic mass is 15.2. The molecule has 1 aromatic heterocycles. The van der Waals surface area contributed by atoms with Crippen LogP contribution < -0.4 is 5.32 Å². The molecule has 2 heterocycles. The lowest BCUT2D eigenvalue weighted by atomic mass is 10.2. The molecule has 2 rings (SSSR count). The number of nitrogens with zero attached hydrogens (tertiary/aromatic N) is 3. The van der Waals surface area contributed by atoms with Gasteiger partial charge in [-0.25, -0.2) is 4.98 Å². The Balaban J connectivity index is 2.01. The fourth-order valence-corrected chi connectivity index (χ4v) is 2.09. The minimum absolute atomic E-state index is 0.624. The highest BCUT2D eigenvalue weighted by molar-refractivity contribution is 4.99.